The van der Waals surface area contributed by atoms with Crippen LogP contribution in [-0.4, -0.2) is 22.0 Å². The molecule has 0 fully saturated rings. The highest BCUT2D eigenvalue weighted by Gasteiger charge is 2.11. The molecule has 78 valence electrons. The number of fused-ring (bicyclic) bond motifs is 1. The van der Waals surface area contributed by atoms with Crippen molar-refractivity contribution in [2.24, 2.45) is 0 Å². The minimum absolute atomic E-state index is 0.279. The summed E-state index contributed by atoms with van der Waals surface area (Å²) in [7, 11) is 0. The molecule has 0 N–H and O–H groups in total. The van der Waals surface area contributed by atoms with Gasteiger partial charge in [-0.15, -0.1) is 0 Å². The fraction of sp³-hybridized carbons (Fsp3) is 0.273. The topological polar surface area (TPSA) is 43.6 Å². The summed E-state index contributed by atoms with van der Waals surface area (Å²) in [5.74, 6) is -0.279. The average molecular weight is 204 g/mol. The van der Waals surface area contributed by atoms with Gasteiger partial charge in [0.25, 0.3) is 0 Å². The zero-order chi connectivity index (χ0) is 10.8. The number of hydrogen-bond donors (Lipinski definition) is 0. The first-order valence-corrected chi connectivity index (χ1v) is 4.82. The molecule has 0 saturated carbocycles. The van der Waals surface area contributed by atoms with Gasteiger partial charge in [0.15, 0.2) is 0 Å². The fourth-order valence-corrected chi connectivity index (χ4v) is 1.50. The van der Waals surface area contributed by atoms with Crippen molar-refractivity contribution >= 4 is 11.5 Å². The number of aryl methyl sites for hydroxylation is 1. The lowest BCUT2D eigenvalue weighted by atomic mass is 10.1. The summed E-state index contributed by atoms with van der Waals surface area (Å²) in [5, 5.41) is 0. The van der Waals surface area contributed by atoms with Crippen LogP contribution >= 0.6 is 0 Å². The molecule has 0 bridgehead atoms. The molecule has 2 aromatic rings. The zero-order valence-electron chi connectivity index (χ0n) is 8.73. The molecule has 2 aromatic heterocycles. The van der Waals surface area contributed by atoms with E-state index in [4.69, 9.17) is 4.74 Å². The van der Waals surface area contributed by atoms with E-state index in [-0.39, 0.29) is 5.97 Å². The Hall–Kier alpha value is -1.84. The highest BCUT2D eigenvalue weighted by molar-refractivity contribution is 5.92. The van der Waals surface area contributed by atoms with Gasteiger partial charge in [0, 0.05) is 6.20 Å². The number of carbonyl (C=O) groups is 1. The van der Waals surface area contributed by atoms with Crippen molar-refractivity contribution in [2.75, 3.05) is 6.61 Å². The minimum atomic E-state index is -0.279. The molecule has 4 nitrogen and oxygen atoms in total. The number of imidazole rings is 1. The molecule has 15 heavy (non-hydrogen) atoms. The standard InChI is InChI=1S/C11H12N2O2/c1-3-15-11(14)10-4-9-5-12-7-13(9)6-8(10)2/h4-7H,3H2,1-2H3. The van der Waals surface area contributed by atoms with Crippen molar-refractivity contribution in [1.29, 1.82) is 0 Å². The van der Waals surface area contributed by atoms with Crippen molar-refractivity contribution in [1.82, 2.24) is 9.38 Å². The molecule has 0 amide bonds. The van der Waals surface area contributed by atoms with E-state index in [9.17, 15) is 4.79 Å². The Morgan fingerprint density at radius 1 is 1.60 bits per heavy atom. The second-order valence-electron chi connectivity index (χ2n) is 3.32. The average Bonchev–Trinajstić information content (AvgIpc) is 2.63. The lowest BCUT2D eigenvalue weighted by Crippen LogP contribution is -2.07. The van der Waals surface area contributed by atoms with Gasteiger partial charge >= 0.3 is 5.97 Å². The molecular weight excluding hydrogens is 192 g/mol. The van der Waals surface area contributed by atoms with Crippen molar-refractivity contribution in [3.05, 3.63) is 35.9 Å². The zero-order valence-corrected chi connectivity index (χ0v) is 8.73. The SMILES string of the molecule is CCOC(=O)c1cc2cncn2cc1C. The number of rotatable bonds is 2. The van der Waals surface area contributed by atoms with Gasteiger partial charge in [0.2, 0.25) is 0 Å². The van der Waals surface area contributed by atoms with E-state index >= 15 is 0 Å². The molecule has 0 aliphatic heterocycles. The van der Waals surface area contributed by atoms with Crippen LogP contribution in [0.1, 0.15) is 22.8 Å². The number of esters is 1. The second-order valence-corrected chi connectivity index (χ2v) is 3.32. The van der Waals surface area contributed by atoms with Crippen molar-refractivity contribution < 1.29 is 9.53 Å². The molecule has 0 aliphatic carbocycles. The van der Waals surface area contributed by atoms with Gasteiger partial charge in [0.1, 0.15) is 0 Å². The van der Waals surface area contributed by atoms with E-state index in [0.29, 0.717) is 12.2 Å². The summed E-state index contributed by atoms with van der Waals surface area (Å²) in [6.07, 6.45) is 5.29. The number of pyridine rings is 1. The Balaban J connectivity index is 2.50. The molecule has 0 atom stereocenters. The van der Waals surface area contributed by atoms with E-state index in [2.05, 4.69) is 4.98 Å². The van der Waals surface area contributed by atoms with Gasteiger partial charge < -0.3 is 9.14 Å². The third-order valence-electron chi connectivity index (χ3n) is 2.24. The van der Waals surface area contributed by atoms with Gasteiger partial charge in [-0.3, -0.25) is 0 Å². The Morgan fingerprint density at radius 3 is 3.13 bits per heavy atom. The van der Waals surface area contributed by atoms with Gasteiger partial charge in [-0.05, 0) is 25.5 Å². The number of nitrogens with zero attached hydrogens (tertiary/aromatic N) is 2. The van der Waals surface area contributed by atoms with Gasteiger partial charge in [-0.2, -0.15) is 0 Å². The van der Waals surface area contributed by atoms with Crippen LogP contribution in [0.4, 0.5) is 0 Å². The molecule has 0 radical (unpaired) electrons. The largest absolute Gasteiger partial charge is 0.462 e. The first kappa shape index (κ1) is 9.71. The maximum absolute atomic E-state index is 11.6. The Morgan fingerprint density at radius 2 is 2.40 bits per heavy atom. The number of aromatic nitrogens is 2. The van der Waals surface area contributed by atoms with Crippen molar-refractivity contribution in [3.63, 3.8) is 0 Å². The number of carbonyl (C=O) groups excluding carboxylic acids is 1. The molecule has 0 saturated heterocycles. The van der Waals surface area contributed by atoms with Gasteiger partial charge in [0.05, 0.1) is 30.2 Å². The van der Waals surface area contributed by atoms with E-state index < -0.39 is 0 Å². The van der Waals surface area contributed by atoms with Crippen LogP contribution in [0.5, 0.6) is 0 Å². The molecule has 2 rings (SSSR count). The minimum Gasteiger partial charge on any atom is -0.462 e. The molecule has 0 aliphatic rings. The first-order valence-electron chi connectivity index (χ1n) is 4.82. The summed E-state index contributed by atoms with van der Waals surface area (Å²) in [4.78, 5) is 15.6. The summed E-state index contributed by atoms with van der Waals surface area (Å²) in [6, 6.07) is 1.79. The lowest BCUT2D eigenvalue weighted by Gasteiger charge is -2.05. The van der Waals surface area contributed by atoms with Crippen LogP contribution < -0.4 is 0 Å². The van der Waals surface area contributed by atoms with Crippen LogP contribution in [0, 0.1) is 6.92 Å². The molecule has 0 unspecified atom stereocenters. The molecule has 0 spiro atoms. The first-order chi connectivity index (χ1) is 7.22. The van der Waals surface area contributed by atoms with Crippen LogP contribution in [0.3, 0.4) is 0 Å². The van der Waals surface area contributed by atoms with Gasteiger partial charge in [-0.1, -0.05) is 0 Å². The van der Waals surface area contributed by atoms with E-state index in [1.807, 2.05) is 17.5 Å². The molecular formula is C11H12N2O2. The van der Waals surface area contributed by atoms with E-state index in [0.717, 1.165) is 11.1 Å². The van der Waals surface area contributed by atoms with Gasteiger partial charge in [-0.25, -0.2) is 9.78 Å². The monoisotopic (exact) mass is 204 g/mol. The predicted octanol–water partition coefficient (Wildman–Crippen LogP) is 1.82. The number of ether oxygens (including phenoxy) is 1. The fourth-order valence-electron chi connectivity index (χ4n) is 1.50. The Kier molecular flexibility index (Phi) is 2.41. The summed E-state index contributed by atoms with van der Waals surface area (Å²) in [6.45, 7) is 4.07. The molecule has 2 heterocycles. The van der Waals surface area contributed by atoms with E-state index in [1.54, 1.807) is 25.5 Å². The summed E-state index contributed by atoms with van der Waals surface area (Å²) in [5.41, 5.74) is 2.38. The van der Waals surface area contributed by atoms with Crippen molar-refractivity contribution in [3.8, 4) is 0 Å². The third kappa shape index (κ3) is 1.70. The Labute approximate surface area is 87.5 Å². The third-order valence-corrected chi connectivity index (χ3v) is 2.24. The van der Waals surface area contributed by atoms with Crippen LogP contribution in [-0.2, 0) is 4.74 Å². The lowest BCUT2D eigenvalue weighted by molar-refractivity contribution is 0.0525. The van der Waals surface area contributed by atoms with Crippen LogP contribution in [0.2, 0.25) is 0 Å². The highest BCUT2D eigenvalue weighted by atomic mass is 16.5. The summed E-state index contributed by atoms with van der Waals surface area (Å²) >= 11 is 0. The number of hydrogen-bond acceptors (Lipinski definition) is 3. The molecule has 0 aromatic carbocycles. The summed E-state index contributed by atoms with van der Waals surface area (Å²) < 4.78 is 6.84. The Bertz CT molecular complexity index is 502. The normalized spacial score (nSPS) is 10.5. The predicted molar refractivity (Wildman–Crippen MR) is 55.9 cm³/mol. The smallest absolute Gasteiger partial charge is 0.338 e. The van der Waals surface area contributed by atoms with Crippen LogP contribution in [0.25, 0.3) is 5.52 Å². The molecule has 4 heteroatoms. The van der Waals surface area contributed by atoms with Crippen LogP contribution in [0.15, 0.2) is 24.8 Å². The maximum atomic E-state index is 11.6. The maximum Gasteiger partial charge on any atom is 0.338 e. The van der Waals surface area contributed by atoms with E-state index in [1.165, 1.54) is 0 Å². The van der Waals surface area contributed by atoms with Crippen molar-refractivity contribution in [2.45, 2.75) is 13.8 Å². The highest BCUT2D eigenvalue weighted by Crippen LogP contribution is 2.13. The second kappa shape index (κ2) is 3.73. The quantitative estimate of drug-likeness (QED) is 0.701.